The average Bonchev–Trinajstić information content (AvgIpc) is 2.46. The van der Waals surface area contributed by atoms with Crippen LogP contribution in [-0.2, 0) is 9.53 Å². The van der Waals surface area contributed by atoms with Crippen LogP contribution in [0.4, 0.5) is 4.79 Å². The number of alkyl carbamates (subject to hydrolysis) is 1. The second-order valence-electron chi connectivity index (χ2n) is 12.4. The highest BCUT2D eigenvalue weighted by molar-refractivity contribution is 5.84. The van der Waals surface area contributed by atoms with E-state index in [4.69, 9.17) is 4.74 Å². The molecule has 31 heavy (non-hydrogen) atoms. The largest absolute Gasteiger partial charge is 0.444 e. The molecule has 0 saturated carbocycles. The van der Waals surface area contributed by atoms with Crippen LogP contribution in [0.2, 0.25) is 0 Å². The first-order valence-corrected chi connectivity index (χ1v) is 11.6. The monoisotopic (exact) mass is 437 g/mol. The van der Waals surface area contributed by atoms with Crippen LogP contribution in [0.1, 0.15) is 95.4 Å². The molecular weight excluding hydrogens is 390 g/mol. The van der Waals surface area contributed by atoms with E-state index in [1.807, 2.05) is 46.8 Å². The molecule has 1 heterocycles. The molecule has 1 saturated heterocycles. The second-order valence-corrected chi connectivity index (χ2v) is 12.4. The van der Waals surface area contributed by atoms with Crippen molar-refractivity contribution in [2.24, 2.45) is 11.3 Å². The van der Waals surface area contributed by atoms with E-state index in [2.05, 4.69) is 57.5 Å². The molecular formula is C25H47N3O3. The lowest BCUT2D eigenvalue weighted by Gasteiger charge is -2.47. The molecule has 0 radical (unpaired) electrons. The fraction of sp³-hybridized carbons (Fsp3) is 0.840. The number of hydrogen-bond acceptors (Lipinski definition) is 4. The third-order valence-corrected chi connectivity index (χ3v) is 5.28. The van der Waals surface area contributed by atoms with Gasteiger partial charge < -0.3 is 20.7 Å². The quantitative estimate of drug-likeness (QED) is 0.493. The average molecular weight is 438 g/mol. The molecule has 1 rings (SSSR count). The summed E-state index contributed by atoms with van der Waals surface area (Å²) in [5.41, 5.74) is -1.30. The summed E-state index contributed by atoms with van der Waals surface area (Å²) in [4.78, 5) is 25.3. The van der Waals surface area contributed by atoms with Crippen molar-refractivity contribution >= 4 is 12.0 Å². The highest BCUT2D eigenvalue weighted by Gasteiger charge is 2.39. The summed E-state index contributed by atoms with van der Waals surface area (Å²) in [7, 11) is 0. The lowest BCUT2D eigenvalue weighted by atomic mass is 9.79. The molecule has 0 aliphatic carbocycles. The Morgan fingerprint density at radius 3 is 2.03 bits per heavy atom. The standard InChI is InChI=1S/C25H47N3O3/c1-17(2)14-18(27-21(30)31-22(3,4)5)12-13-23(6,7)20(29)26-19-15-24(8,9)28-25(10,11)16-19/h12-13,17-19,28H,14-16H2,1-11H3,(H,26,29)(H,27,30)/b13-12+/t18-/m1/s1. The number of piperidine rings is 1. The number of carbonyl (C=O) groups excluding carboxylic acids is 2. The third-order valence-electron chi connectivity index (χ3n) is 5.28. The van der Waals surface area contributed by atoms with Gasteiger partial charge in [-0.1, -0.05) is 26.0 Å². The van der Waals surface area contributed by atoms with Gasteiger partial charge in [-0.15, -0.1) is 0 Å². The minimum Gasteiger partial charge on any atom is -0.444 e. The summed E-state index contributed by atoms with van der Waals surface area (Å²) >= 11 is 0. The van der Waals surface area contributed by atoms with Gasteiger partial charge in [-0.3, -0.25) is 4.79 Å². The van der Waals surface area contributed by atoms with E-state index in [1.165, 1.54) is 0 Å². The van der Waals surface area contributed by atoms with Crippen LogP contribution in [0.5, 0.6) is 0 Å². The van der Waals surface area contributed by atoms with E-state index in [9.17, 15) is 9.59 Å². The van der Waals surface area contributed by atoms with Crippen LogP contribution in [0.25, 0.3) is 0 Å². The van der Waals surface area contributed by atoms with Gasteiger partial charge in [0.2, 0.25) is 5.91 Å². The van der Waals surface area contributed by atoms with Gasteiger partial charge in [0, 0.05) is 17.1 Å². The Labute approximate surface area is 190 Å². The molecule has 6 heteroatoms. The Bertz CT molecular complexity index is 641. The van der Waals surface area contributed by atoms with Gasteiger partial charge in [0.05, 0.1) is 11.5 Å². The molecule has 0 aromatic heterocycles. The van der Waals surface area contributed by atoms with Gasteiger partial charge in [-0.25, -0.2) is 4.79 Å². The van der Waals surface area contributed by atoms with Crippen molar-refractivity contribution in [1.29, 1.82) is 0 Å². The van der Waals surface area contributed by atoms with Gasteiger partial charge in [-0.2, -0.15) is 0 Å². The Hall–Kier alpha value is -1.56. The van der Waals surface area contributed by atoms with Gasteiger partial charge in [0.25, 0.3) is 0 Å². The smallest absolute Gasteiger partial charge is 0.408 e. The van der Waals surface area contributed by atoms with Crippen LogP contribution in [-0.4, -0.2) is 40.8 Å². The van der Waals surface area contributed by atoms with Crippen LogP contribution >= 0.6 is 0 Å². The van der Waals surface area contributed by atoms with E-state index in [1.54, 1.807) is 0 Å². The Morgan fingerprint density at radius 1 is 1.06 bits per heavy atom. The number of rotatable bonds is 7. The molecule has 6 nitrogen and oxygen atoms in total. The van der Waals surface area contributed by atoms with E-state index in [-0.39, 0.29) is 29.1 Å². The minimum atomic E-state index is -0.690. The summed E-state index contributed by atoms with van der Waals surface area (Å²) in [5, 5.41) is 9.84. The van der Waals surface area contributed by atoms with Crippen molar-refractivity contribution in [1.82, 2.24) is 16.0 Å². The van der Waals surface area contributed by atoms with Crippen molar-refractivity contribution in [2.45, 2.75) is 124 Å². The second kappa shape index (κ2) is 9.93. The molecule has 0 bridgehead atoms. The first-order chi connectivity index (χ1) is 13.8. The molecule has 0 aromatic rings. The fourth-order valence-corrected chi connectivity index (χ4v) is 4.38. The van der Waals surface area contributed by atoms with E-state index < -0.39 is 17.1 Å². The molecule has 1 aliphatic heterocycles. The van der Waals surface area contributed by atoms with E-state index in [0.29, 0.717) is 5.92 Å². The molecule has 1 atom stereocenters. The lowest BCUT2D eigenvalue weighted by Crippen LogP contribution is -2.62. The van der Waals surface area contributed by atoms with Crippen molar-refractivity contribution in [3.05, 3.63) is 12.2 Å². The SMILES string of the molecule is CC(C)C[C@@H](/C=C/C(C)(C)C(=O)NC1CC(C)(C)NC(C)(C)C1)NC(=O)OC(C)(C)C. The summed E-state index contributed by atoms with van der Waals surface area (Å²) in [5.74, 6) is 0.392. The zero-order chi connectivity index (χ0) is 24.3. The van der Waals surface area contributed by atoms with Crippen LogP contribution in [0.3, 0.4) is 0 Å². The normalized spacial score (nSPS) is 20.5. The number of hydrogen-bond donors (Lipinski definition) is 3. The molecule has 0 spiro atoms. The molecule has 0 unspecified atom stereocenters. The fourth-order valence-electron chi connectivity index (χ4n) is 4.38. The zero-order valence-electron chi connectivity index (χ0n) is 21.7. The molecule has 1 aliphatic rings. The number of nitrogens with one attached hydrogen (secondary N) is 3. The maximum Gasteiger partial charge on any atom is 0.408 e. The summed E-state index contributed by atoms with van der Waals surface area (Å²) in [6.45, 7) is 22.3. The maximum absolute atomic E-state index is 13.1. The molecule has 180 valence electrons. The first kappa shape index (κ1) is 27.5. The molecule has 3 N–H and O–H groups in total. The van der Waals surface area contributed by atoms with Crippen LogP contribution in [0, 0.1) is 11.3 Å². The van der Waals surface area contributed by atoms with Gasteiger partial charge in [0.1, 0.15) is 5.60 Å². The minimum absolute atomic E-state index is 0.00261. The summed E-state index contributed by atoms with van der Waals surface area (Å²) in [6.07, 6.45) is 5.94. The summed E-state index contributed by atoms with van der Waals surface area (Å²) in [6, 6.07) is -0.0727. The topological polar surface area (TPSA) is 79.5 Å². The Kier molecular flexibility index (Phi) is 8.80. The molecule has 1 fully saturated rings. The van der Waals surface area contributed by atoms with Crippen molar-refractivity contribution in [3.8, 4) is 0 Å². The van der Waals surface area contributed by atoms with Gasteiger partial charge in [-0.05, 0) is 87.5 Å². The Morgan fingerprint density at radius 2 is 1.58 bits per heavy atom. The van der Waals surface area contributed by atoms with E-state index >= 15 is 0 Å². The van der Waals surface area contributed by atoms with Crippen molar-refractivity contribution in [2.75, 3.05) is 0 Å². The highest BCUT2D eigenvalue weighted by Crippen LogP contribution is 2.29. The molecule has 2 amide bonds. The van der Waals surface area contributed by atoms with Crippen LogP contribution in [0.15, 0.2) is 12.2 Å². The number of ether oxygens (including phenoxy) is 1. The van der Waals surface area contributed by atoms with Gasteiger partial charge >= 0.3 is 6.09 Å². The zero-order valence-corrected chi connectivity index (χ0v) is 21.7. The lowest BCUT2D eigenvalue weighted by molar-refractivity contribution is -0.128. The Balaban J connectivity index is 2.84. The number of amides is 2. The predicted octanol–water partition coefficient (Wildman–Crippen LogP) is 4.93. The maximum atomic E-state index is 13.1. The van der Waals surface area contributed by atoms with Gasteiger partial charge in [0.15, 0.2) is 0 Å². The molecule has 0 aromatic carbocycles. The van der Waals surface area contributed by atoms with Crippen molar-refractivity contribution < 1.29 is 14.3 Å². The summed E-state index contributed by atoms with van der Waals surface area (Å²) < 4.78 is 5.40. The number of carbonyl (C=O) groups is 2. The predicted molar refractivity (Wildman–Crippen MR) is 128 cm³/mol. The van der Waals surface area contributed by atoms with E-state index in [0.717, 1.165) is 19.3 Å². The highest BCUT2D eigenvalue weighted by atomic mass is 16.6. The first-order valence-electron chi connectivity index (χ1n) is 11.6. The third kappa shape index (κ3) is 10.5. The van der Waals surface area contributed by atoms with Crippen molar-refractivity contribution in [3.63, 3.8) is 0 Å². The van der Waals surface area contributed by atoms with Crippen LogP contribution < -0.4 is 16.0 Å².